The van der Waals surface area contributed by atoms with Crippen LogP contribution >= 0.6 is 0 Å². The number of pyridine rings is 1. The van der Waals surface area contributed by atoms with Gasteiger partial charge < -0.3 is 19.8 Å². The summed E-state index contributed by atoms with van der Waals surface area (Å²) in [5, 5.41) is 3.80. The number of rotatable bonds is 2. The zero-order valence-corrected chi connectivity index (χ0v) is 14.0. The number of carbonyl (C=O) groups is 1. The highest BCUT2D eigenvalue weighted by Crippen LogP contribution is 2.37. The van der Waals surface area contributed by atoms with Crippen LogP contribution in [0.15, 0.2) is 30.9 Å². The van der Waals surface area contributed by atoms with Gasteiger partial charge in [0, 0.05) is 23.7 Å². The van der Waals surface area contributed by atoms with E-state index >= 15 is 0 Å². The highest BCUT2D eigenvalue weighted by Gasteiger charge is 2.48. The van der Waals surface area contributed by atoms with E-state index in [1.165, 1.54) is 0 Å². The van der Waals surface area contributed by atoms with Gasteiger partial charge in [-0.3, -0.25) is 0 Å². The van der Waals surface area contributed by atoms with Crippen molar-refractivity contribution in [3.05, 3.63) is 30.9 Å². The molecule has 1 aliphatic heterocycles. The van der Waals surface area contributed by atoms with Gasteiger partial charge in [0.25, 0.3) is 5.92 Å². The lowest BCUT2D eigenvalue weighted by atomic mass is 9.84. The van der Waals surface area contributed by atoms with Crippen molar-refractivity contribution in [2.24, 2.45) is 0 Å². The Bertz CT molecular complexity index is 1080. The van der Waals surface area contributed by atoms with Crippen LogP contribution < -0.4 is 5.32 Å². The molecule has 3 aromatic rings. The summed E-state index contributed by atoms with van der Waals surface area (Å²) in [6.45, 7) is 0.838. The molecule has 1 aliphatic carbocycles. The summed E-state index contributed by atoms with van der Waals surface area (Å²) < 4.78 is 27.8. The van der Waals surface area contributed by atoms with E-state index < -0.39 is 30.6 Å². The number of hydrogen-bond acceptors (Lipinski definition) is 3. The Morgan fingerprint density at radius 1 is 1.35 bits per heavy atom. The number of halogens is 2. The molecule has 1 unspecified atom stereocenters. The molecule has 1 fully saturated rings. The number of amides is 2. The Hall–Kier alpha value is -2.97. The Morgan fingerprint density at radius 3 is 2.85 bits per heavy atom. The molecule has 4 heterocycles. The van der Waals surface area contributed by atoms with Crippen LogP contribution in [0.5, 0.6) is 0 Å². The molecule has 2 N–H and O–H groups in total. The van der Waals surface area contributed by atoms with Gasteiger partial charge >= 0.3 is 6.03 Å². The molecule has 0 spiro atoms. The minimum absolute atomic E-state index is 0.457. The molecular weight excluding hydrogens is 342 g/mol. The van der Waals surface area contributed by atoms with Crippen LogP contribution in [0.25, 0.3) is 27.8 Å². The Kier molecular flexibility index (Phi) is 2.83. The SMILES string of the molecule is CC1(NC(=O)N2CC(F)(F)C2)C=C(n2cnc3cnc4[nH]ccc4c32)C1. The summed E-state index contributed by atoms with van der Waals surface area (Å²) in [7, 11) is 0. The summed E-state index contributed by atoms with van der Waals surface area (Å²) in [6, 6.07) is 1.49. The van der Waals surface area contributed by atoms with E-state index in [0.29, 0.717) is 6.42 Å². The van der Waals surface area contributed by atoms with Crippen LogP contribution in [-0.2, 0) is 0 Å². The quantitative estimate of drug-likeness (QED) is 0.739. The van der Waals surface area contributed by atoms with E-state index in [1.807, 2.05) is 29.8 Å². The van der Waals surface area contributed by atoms with E-state index in [2.05, 4.69) is 20.3 Å². The number of hydrogen-bond donors (Lipinski definition) is 2. The minimum Gasteiger partial charge on any atom is -0.346 e. The number of nitrogens with zero attached hydrogens (tertiary/aromatic N) is 4. The number of imidazole rings is 1. The van der Waals surface area contributed by atoms with Crippen LogP contribution in [0, 0.1) is 0 Å². The molecule has 1 atom stereocenters. The molecule has 0 saturated carbocycles. The second-order valence-electron chi connectivity index (χ2n) is 7.22. The van der Waals surface area contributed by atoms with E-state index in [9.17, 15) is 13.6 Å². The Balaban J connectivity index is 1.40. The van der Waals surface area contributed by atoms with Gasteiger partial charge in [-0.25, -0.2) is 23.5 Å². The number of alkyl halides is 2. The summed E-state index contributed by atoms with van der Waals surface area (Å²) in [5.74, 6) is -2.76. The monoisotopic (exact) mass is 358 g/mol. The molecule has 0 aromatic carbocycles. The highest BCUT2D eigenvalue weighted by atomic mass is 19.3. The number of likely N-dealkylation sites (tertiary alicyclic amines) is 1. The first-order valence-electron chi connectivity index (χ1n) is 8.30. The van der Waals surface area contributed by atoms with Crippen LogP contribution in [0.1, 0.15) is 13.3 Å². The van der Waals surface area contributed by atoms with Crippen molar-refractivity contribution in [2.75, 3.05) is 13.1 Å². The fraction of sp³-hybridized carbons (Fsp3) is 0.353. The van der Waals surface area contributed by atoms with Gasteiger partial charge in [-0.05, 0) is 19.1 Å². The average molecular weight is 358 g/mol. The molecule has 3 aromatic heterocycles. The van der Waals surface area contributed by atoms with Crippen LogP contribution in [0.3, 0.4) is 0 Å². The zero-order valence-electron chi connectivity index (χ0n) is 14.0. The van der Waals surface area contributed by atoms with Crippen LogP contribution in [-0.4, -0.2) is 55.0 Å². The molecule has 0 bridgehead atoms. The third kappa shape index (κ3) is 2.19. The largest absolute Gasteiger partial charge is 0.346 e. The zero-order chi connectivity index (χ0) is 18.1. The minimum atomic E-state index is -2.76. The molecule has 7 nitrogen and oxygen atoms in total. The van der Waals surface area contributed by atoms with Crippen molar-refractivity contribution in [3.63, 3.8) is 0 Å². The summed E-state index contributed by atoms with van der Waals surface area (Å²) in [6.07, 6.45) is 7.80. The van der Waals surface area contributed by atoms with E-state index in [1.54, 1.807) is 12.5 Å². The highest BCUT2D eigenvalue weighted by molar-refractivity contribution is 6.02. The van der Waals surface area contributed by atoms with Gasteiger partial charge in [0.2, 0.25) is 0 Å². The normalized spacial score (nSPS) is 24.3. The first kappa shape index (κ1) is 15.3. The fourth-order valence-corrected chi connectivity index (χ4v) is 3.66. The average Bonchev–Trinajstić information content (AvgIpc) is 3.15. The number of H-pyrrole nitrogens is 1. The number of aromatic amines is 1. The van der Waals surface area contributed by atoms with E-state index in [4.69, 9.17) is 0 Å². The lowest BCUT2D eigenvalue weighted by molar-refractivity contribution is -0.110. The van der Waals surface area contributed by atoms with Gasteiger partial charge in [0.05, 0.1) is 30.3 Å². The van der Waals surface area contributed by atoms with Crippen molar-refractivity contribution in [3.8, 4) is 0 Å². The molecule has 2 amide bonds. The second-order valence-corrected chi connectivity index (χ2v) is 7.22. The molecule has 2 aliphatic rings. The van der Waals surface area contributed by atoms with Crippen molar-refractivity contribution >= 4 is 33.8 Å². The predicted molar refractivity (Wildman–Crippen MR) is 91.7 cm³/mol. The van der Waals surface area contributed by atoms with E-state index in [-0.39, 0.29) is 0 Å². The topological polar surface area (TPSA) is 78.8 Å². The molecule has 5 rings (SSSR count). The number of nitrogens with one attached hydrogen (secondary N) is 2. The summed E-state index contributed by atoms with van der Waals surface area (Å²) in [5.41, 5.74) is 2.97. The summed E-state index contributed by atoms with van der Waals surface area (Å²) >= 11 is 0. The van der Waals surface area contributed by atoms with Gasteiger partial charge in [-0.1, -0.05) is 0 Å². The van der Waals surface area contributed by atoms with E-state index in [0.717, 1.165) is 32.7 Å². The number of urea groups is 1. The number of fused-ring (bicyclic) bond motifs is 3. The standard InChI is InChI=1S/C17H16F2N6O/c1-16(23-15(26)24-7-17(18,19)8-24)4-10(5-16)25-9-22-12-6-21-14-11(13(12)25)2-3-20-14/h2-4,6,9H,5,7-8H2,1H3,(H,20,21)(H,23,26). The maximum absolute atomic E-state index is 12.9. The first-order valence-corrected chi connectivity index (χ1v) is 8.30. The van der Waals surface area contributed by atoms with Gasteiger partial charge in [0.1, 0.15) is 17.5 Å². The number of carbonyl (C=O) groups excluding carboxylic acids is 1. The molecule has 0 radical (unpaired) electrons. The number of aromatic nitrogens is 4. The smallest absolute Gasteiger partial charge is 0.318 e. The second kappa shape index (κ2) is 4.80. The van der Waals surface area contributed by atoms with Gasteiger partial charge in [-0.15, -0.1) is 0 Å². The predicted octanol–water partition coefficient (Wildman–Crippen LogP) is 2.58. The maximum atomic E-state index is 12.9. The molecule has 9 heteroatoms. The lowest BCUT2D eigenvalue weighted by Gasteiger charge is -2.43. The van der Waals surface area contributed by atoms with Crippen LogP contribution in [0.4, 0.5) is 13.6 Å². The third-order valence-electron chi connectivity index (χ3n) is 4.96. The van der Waals surface area contributed by atoms with Crippen molar-refractivity contribution in [2.45, 2.75) is 24.8 Å². The van der Waals surface area contributed by atoms with Crippen molar-refractivity contribution in [1.82, 2.24) is 29.7 Å². The molecule has 1 saturated heterocycles. The molecule has 134 valence electrons. The Labute approximate surface area is 146 Å². The third-order valence-corrected chi connectivity index (χ3v) is 4.96. The van der Waals surface area contributed by atoms with Crippen molar-refractivity contribution < 1.29 is 13.6 Å². The maximum Gasteiger partial charge on any atom is 0.318 e. The Morgan fingerprint density at radius 2 is 2.12 bits per heavy atom. The first-order chi connectivity index (χ1) is 12.3. The van der Waals surface area contributed by atoms with Crippen LogP contribution in [0.2, 0.25) is 0 Å². The summed E-state index contributed by atoms with van der Waals surface area (Å²) in [4.78, 5) is 25.0. The fourth-order valence-electron chi connectivity index (χ4n) is 3.66. The van der Waals surface area contributed by atoms with Gasteiger partial charge in [0.15, 0.2) is 0 Å². The molecule has 26 heavy (non-hydrogen) atoms. The van der Waals surface area contributed by atoms with Gasteiger partial charge in [-0.2, -0.15) is 0 Å². The molecular formula is C17H16F2N6O. The lowest BCUT2D eigenvalue weighted by Crippen LogP contribution is -2.64. The van der Waals surface area contributed by atoms with Crippen molar-refractivity contribution in [1.29, 1.82) is 0 Å².